The number of thioether (sulfide) groups is 1. The van der Waals surface area contributed by atoms with Gasteiger partial charge in [-0.05, 0) is 39.9 Å². The van der Waals surface area contributed by atoms with Crippen molar-refractivity contribution in [2.75, 3.05) is 5.75 Å². The summed E-state index contributed by atoms with van der Waals surface area (Å²) >= 11 is 18.5. The quantitative estimate of drug-likeness (QED) is 0.147. The van der Waals surface area contributed by atoms with Gasteiger partial charge in [0.25, 0.3) is 9.70 Å². The van der Waals surface area contributed by atoms with Crippen molar-refractivity contribution in [2.45, 2.75) is 47.0 Å². The molecule has 0 unspecified atom stereocenters. The van der Waals surface area contributed by atoms with E-state index in [2.05, 4.69) is 20.5 Å². The van der Waals surface area contributed by atoms with Crippen LogP contribution in [0.2, 0.25) is 0 Å². The highest BCUT2D eigenvalue weighted by Crippen LogP contribution is 2.40. The highest BCUT2D eigenvalue weighted by molar-refractivity contribution is 7.99. The highest BCUT2D eigenvalue weighted by atomic mass is 35.6. The van der Waals surface area contributed by atoms with Gasteiger partial charge >= 0.3 is 0 Å². The van der Waals surface area contributed by atoms with Gasteiger partial charge in [-0.3, -0.25) is 9.89 Å². The molecule has 3 atom stereocenters. The number of halogens is 3. The number of benzene rings is 3. The van der Waals surface area contributed by atoms with Crippen molar-refractivity contribution in [1.29, 1.82) is 0 Å². The Labute approximate surface area is 256 Å². The van der Waals surface area contributed by atoms with Gasteiger partial charge < -0.3 is 19.9 Å². The van der Waals surface area contributed by atoms with Crippen LogP contribution in [0.4, 0.5) is 0 Å². The minimum absolute atomic E-state index is 0.0126. The summed E-state index contributed by atoms with van der Waals surface area (Å²) in [5.74, 6) is -0.0138. The molecule has 4 aromatic rings. The molecule has 2 heterocycles. The summed E-state index contributed by atoms with van der Waals surface area (Å²) in [4.78, 5) is 16.2. The molecule has 1 amide bonds. The zero-order chi connectivity index (χ0) is 28.8. The van der Waals surface area contributed by atoms with Crippen molar-refractivity contribution in [2.24, 2.45) is 0 Å². The van der Waals surface area contributed by atoms with E-state index in [0.717, 1.165) is 38.5 Å². The molecule has 1 aliphatic heterocycles. The van der Waals surface area contributed by atoms with Gasteiger partial charge in [0.05, 0.1) is 18.8 Å². The number of rotatable bonds is 9. The van der Waals surface area contributed by atoms with Gasteiger partial charge in [-0.2, -0.15) is 5.10 Å². The second-order valence-corrected chi connectivity index (χ2v) is 12.7. The Kier molecular flexibility index (Phi) is 9.87. The van der Waals surface area contributed by atoms with E-state index in [0.29, 0.717) is 12.2 Å². The number of aromatic amines is 1. The van der Waals surface area contributed by atoms with Crippen LogP contribution >= 0.6 is 46.6 Å². The zero-order valence-electron chi connectivity index (χ0n) is 21.7. The fourth-order valence-corrected chi connectivity index (χ4v) is 5.46. The molecule has 0 aliphatic carbocycles. The lowest BCUT2D eigenvalue weighted by Gasteiger charge is -2.36. The molecule has 0 spiro atoms. The maximum Gasteiger partial charge on any atom is 0.272 e. The maximum absolute atomic E-state index is 12.0. The molecular weight excluding hydrogens is 607 g/mol. The van der Waals surface area contributed by atoms with E-state index in [4.69, 9.17) is 44.3 Å². The van der Waals surface area contributed by atoms with Gasteiger partial charge in [-0.25, -0.2) is 4.98 Å². The minimum Gasteiger partial charge on any atom is -0.392 e. The summed E-state index contributed by atoms with van der Waals surface area (Å²) < 4.78 is 10.9. The Morgan fingerprint density at radius 3 is 2.46 bits per heavy atom. The fourth-order valence-electron chi connectivity index (χ4n) is 4.47. The molecule has 1 aliphatic rings. The summed E-state index contributed by atoms with van der Waals surface area (Å²) in [7, 11) is 0. The van der Waals surface area contributed by atoms with Crippen LogP contribution in [-0.4, -0.2) is 41.8 Å². The Morgan fingerprint density at radius 1 is 1.00 bits per heavy atom. The molecule has 8 nitrogen and oxygen atoms in total. The average Bonchev–Trinajstić information content (AvgIpc) is 3.52. The summed E-state index contributed by atoms with van der Waals surface area (Å²) in [5, 5.41) is 19.6. The van der Waals surface area contributed by atoms with Crippen LogP contribution in [0.1, 0.15) is 41.1 Å². The standard InChI is InChI=1S/C29H27Cl3N4O4S/c30-29(31,32)27(38)33-14-19-3-1-4-21(11-19)22-5-2-6-23(12-22)26-39-24(16-41-28-34-17-35-36-28)13-25(40-26)20-9-7-18(15-37)8-10-20/h1-12,17,24-26,37H,13-16H2,(H,33,38)(H,34,35,36)/t24-,25+,26+/m1/s1. The Bertz CT molecular complexity index is 1450. The van der Waals surface area contributed by atoms with Crippen molar-refractivity contribution >= 4 is 52.5 Å². The number of nitrogens with one attached hydrogen (secondary N) is 2. The molecule has 5 rings (SSSR count). The summed E-state index contributed by atoms with van der Waals surface area (Å²) in [6.07, 6.45) is 1.24. The van der Waals surface area contributed by atoms with E-state index in [1.807, 2.05) is 72.8 Å². The minimum atomic E-state index is -2.02. The van der Waals surface area contributed by atoms with Crippen LogP contribution in [0.25, 0.3) is 11.1 Å². The van der Waals surface area contributed by atoms with Crippen LogP contribution < -0.4 is 5.32 Å². The lowest BCUT2D eigenvalue weighted by Crippen LogP contribution is -2.33. The number of carbonyl (C=O) groups excluding carboxylic acids is 1. The highest BCUT2D eigenvalue weighted by Gasteiger charge is 2.33. The topological polar surface area (TPSA) is 109 Å². The molecule has 214 valence electrons. The first-order chi connectivity index (χ1) is 19.8. The molecule has 1 saturated heterocycles. The van der Waals surface area contributed by atoms with Crippen LogP contribution in [0.15, 0.2) is 84.3 Å². The third-order valence-electron chi connectivity index (χ3n) is 6.54. The first kappa shape index (κ1) is 29.8. The number of hydrogen-bond donors (Lipinski definition) is 3. The Morgan fingerprint density at radius 2 is 1.76 bits per heavy atom. The van der Waals surface area contributed by atoms with Crippen molar-refractivity contribution in [1.82, 2.24) is 20.5 Å². The predicted molar refractivity (Wildman–Crippen MR) is 160 cm³/mol. The number of nitrogens with zero attached hydrogens (tertiary/aromatic N) is 2. The van der Waals surface area contributed by atoms with Gasteiger partial charge in [0.2, 0.25) is 0 Å². The largest absolute Gasteiger partial charge is 0.392 e. The normalized spacial score (nSPS) is 19.2. The smallest absolute Gasteiger partial charge is 0.272 e. The molecule has 12 heteroatoms. The lowest BCUT2D eigenvalue weighted by molar-refractivity contribution is -0.245. The summed E-state index contributed by atoms with van der Waals surface area (Å²) in [6.45, 7) is 0.206. The second-order valence-electron chi connectivity index (χ2n) is 9.46. The van der Waals surface area contributed by atoms with E-state index in [9.17, 15) is 9.90 Å². The second kappa shape index (κ2) is 13.6. The van der Waals surface area contributed by atoms with Crippen LogP contribution in [-0.2, 0) is 27.4 Å². The monoisotopic (exact) mass is 632 g/mol. The number of aliphatic hydroxyl groups is 1. The molecule has 1 fully saturated rings. The Balaban J connectivity index is 1.35. The number of ether oxygens (including phenoxy) is 2. The van der Waals surface area contributed by atoms with Crippen molar-refractivity contribution < 1.29 is 19.4 Å². The van der Waals surface area contributed by atoms with Crippen LogP contribution in [0.3, 0.4) is 0 Å². The number of aromatic nitrogens is 3. The molecule has 0 saturated carbocycles. The van der Waals surface area contributed by atoms with Crippen LogP contribution in [0.5, 0.6) is 0 Å². The molecule has 3 aromatic carbocycles. The number of carbonyl (C=O) groups is 1. The first-order valence-electron chi connectivity index (χ1n) is 12.8. The predicted octanol–water partition coefficient (Wildman–Crippen LogP) is 6.29. The third kappa shape index (κ3) is 8.02. The van der Waals surface area contributed by atoms with Crippen molar-refractivity contribution in [3.05, 3.63) is 101 Å². The van der Waals surface area contributed by atoms with E-state index in [1.54, 1.807) is 11.8 Å². The van der Waals surface area contributed by atoms with Crippen molar-refractivity contribution in [3.8, 4) is 11.1 Å². The molecule has 41 heavy (non-hydrogen) atoms. The summed E-state index contributed by atoms with van der Waals surface area (Å²) in [6, 6.07) is 23.6. The molecule has 0 radical (unpaired) electrons. The summed E-state index contributed by atoms with van der Waals surface area (Å²) in [5.41, 5.74) is 5.52. The van der Waals surface area contributed by atoms with Gasteiger partial charge in [0.15, 0.2) is 11.4 Å². The first-order valence-corrected chi connectivity index (χ1v) is 14.9. The van der Waals surface area contributed by atoms with Crippen LogP contribution in [0, 0.1) is 0 Å². The zero-order valence-corrected chi connectivity index (χ0v) is 24.8. The number of alkyl halides is 3. The van der Waals surface area contributed by atoms with Gasteiger partial charge in [-0.15, -0.1) is 0 Å². The molecule has 3 N–H and O–H groups in total. The van der Waals surface area contributed by atoms with E-state index in [1.165, 1.54) is 6.33 Å². The number of amides is 1. The van der Waals surface area contributed by atoms with Gasteiger partial charge in [-0.1, -0.05) is 107 Å². The lowest BCUT2D eigenvalue weighted by atomic mass is 9.99. The maximum atomic E-state index is 12.0. The fraction of sp³-hybridized carbons (Fsp3) is 0.276. The Hall–Kier alpha value is -2.63. The van der Waals surface area contributed by atoms with Crippen molar-refractivity contribution in [3.63, 3.8) is 0 Å². The molecule has 1 aromatic heterocycles. The number of H-pyrrole nitrogens is 1. The van der Waals surface area contributed by atoms with Gasteiger partial charge in [0.1, 0.15) is 6.33 Å². The van der Waals surface area contributed by atoms with E-state index >= 15 is 0 Å². The van der Waals surface area contributed by atoms with E-state index in [-0.39, 0.29) is 25.4 Å². The SMILES string of the molecule is O=C(NCc1cccc(-c2cccc([C@H]3O[C@@H](CSc4ncn[nH]4)C[C@@H](c4ccc(CO)cc4)O3)c2)c1)C(Cl)(Cl)Cl. The third-order valence-corrected chi connectivity index (χ3v) is 8.07. The number of hydrogen-bond acceptors (Lipinski definition) is 7. The molecular formula is C29H27Cl3N4O4S. The average molecular weight is 634 g/mol. The van der Waals surface area contributed by atoms with E-state index < -0.39 is 16.0 Å². The molecule has 0 bridgehead atoms. The number of aliphatic hydroxyl groups excluding tert-OH is 1. The van der Waals surface area contributed by atoms with Gasteiger partial charge in [0, 0.05) is 24.3 Å².